The maximum absolute atomic E-state index is 13.3. The van der Waals surface area contributed by atoms with Gasteiger partial charge < -0.3 is 11.1 Å². The van der Waals surface area contributed by atoms with Crippen LogP contribution in [0, 0.1) is 5.82 Å². The molecular formula is C11H15FN2O. The van der Waals surface area contributed by atoms with Crippen LogP contribution < -0.4 is 11.1 Å². The van der Waals surface area contributed by atoms with Gasteiger partial charge >= 0.3 is 0 Å². The Morgan fingerprint density at radius 1 is 1.40 bits per heavy atom. The van der Waals surface area contributed by atoms with E-state index in [1.807, 2.05) is 0 Å². The highest BCUT2D eigenvalue weighted by Gasteiger charge is 2.14. The van der Waals surface area contributed by atoms with E-state index in [0.717, 1.165) is 0 Å². The third kappa shape index (κ3) is 3.02. The quantitative estimate of drug-likeness (QED) is 0.791. The van der Waals surface area contributed by atoms with E-state index in [0.29, 0.717) is 5.56 Å². The van der Waals surface area contributed by atoms with Gasteiger partial charge in [0.25, 0.3) is 0 Å². The molecule has 0 aliphatic heterocycles. The number of carbonyl (C=O) groups excluding carboxylic acids is 1. The topological polar surface area (TPSA) is 55.1 Å². The van der Waals surface area contributed by atoms with Gasteiger partial charge in [0.1, 0.15) is 5.82 Å². The predicted octanol–water partition coefficient (Wildman–Crippen LogP) is 1.35. The van der Waals surface area contributed by atoms with Crippen molar-refractivity contribution < 1.29 is 9.18 Å². The average Bonchev–Trinajstić information content (AvgIpc) is 2.18. The van der Waals surface area contributed by atoms with Crippen LogP contribution in [0.25, 0.3) is 0 Å². The van der Waals surface area contributed by atoms with Crippen LogP contribution in [-0.2, 0) is 4.79 Å². The number of amides is 1. The van der Waals surface area contributed by atoms with Gasteiger partial charge in [-0.1, -0.05) is 18.2 Å². The zero-order chi connectivity index (χ0) is 11.4. The smallest absolute Gasteiger partial charge is 0.237 e. The summed E-state index contributed by atoms with van der Waals surface area (Å²) in [6, 6.07) is 5.39. The number of benzene rings is 1. The number of nitrogens with two attached hydrogens (primary N) is 1. The summed E-state index contributed by atoms with van der Waals surface area (Å²) in [5.41, 5.74) is 5.86. The minimum Gasteiger partial charge on any atom is -0.348 e. The summed E-state index contributed by atoms with van der Waals surface area (Å²) < 4.78 is 13.3. The Morgan fingerprint density at radius 3 is 2.53 bits per heavy atom. The average molecular weight is 210 g/mol. The summed E-state index contributed by atoms with van der Waals surface area (Å²) in [5.74, 6) is -0.610. The van der Waals surface area contributed by atoms with E-state index in [9.17, 15) is 9.18 Å². The maximum atomic E-state index is 13.3. The number of carbonyl (C=O) groups is 1. The molecule has 3 nitrogen and oxygen atoms in total. The largest absolute Gasteiger partial charge is 0.348 e. The summed E-state index contributed by atoms with van der Waals surface area (Å²) in [7, 11) is 0. The lowest BCUT2D eigenvalue weighted by atomic mass is 10.1. The van der Waals surface area contributed by atoms with Crippen molar-refractivity contribution in [3.63, 3.8) is 0 Å². The molecule has 0 unspecified atom stereocenters. The molecule has 0 heterocycles. The van der Waals surface area contributed by atoms with Crippen LogP contribution in [0.5, 0.6) is 0 Å². The third-order valence-corrected chi connectivity index (χ3v) is 2.14. The van der Waals surface area contributed by atoms with Gasteiger partial charge in [-0.2, -0.15) is 0 Å². The Balaban J connectivity index is 2.73. The summed E-state index contributed by atoms with van der Waals surface area (Å²) in [5, 5.41) is 2.63. The van der Waals surface area contributed by atoms with Crippen molar-refractivity contribution in [2.75, 3.05) is 0 Å². The van der Waals surface area contributed by atoms with Crippen molar-refractivity contribution >= 4 is 5.91 Å². The predicted molar refractivity (Wildman–Crippen MR) is 56.6 cm³/mol. The van der Waals surface area contributed by atoms with Crippen LogP contribution in [-0.4, -0.2) is 11.9 Å². The molecule has 0 saturated carbocycles. The van der Waals surface area contributed by atoms with Crippen LogP contribution in [0.1, 0.15) is 25.5 Å². The first-order chi connectivity index (χ1) is 7.02. The fourth-order valence-corrected chi connectivity index (χ4v) is 1.25. The number of halogens is 1. The van der Waals surface area contributed by atoms with Crippen molar-refractivity contribution in [1.82, 2.24) is 5.32 Å². The van der Waals surface area contributed by atoms with Gasteiger partial charge in [-0.15, -0.1) is 0 Å². The number of hydrogen-bond acceptors (Lipinski definition) is 2. The van der Waals surface area contributed by atoms with E-state index in [-0.39, 0.29) is 17.8 Å². The molecule has 0 bridgehead atoms. The Bertz CT molecular complexity index is 352. The van der Waals surface area contributed by atoms with Gasteiger partial charge in [0.2, 0.25) is 5.91 Å². The third-order valence-electron chi connectivity index (χ3n) is 2.14. The van der Waals surface area contributed by atoms with Gasteiger partial charge in [0.15, 0.2) is 0 Å². The van der Waals surface area contributed by atoms with Gasteiger partial charge in [-0.25, -0.2) is 4.39 Å². The van der Waals surface area contributed by atoms with E-state index in [1.54, 1.807) is 32.0 Å². The van der Waals surface area contributed by atoms with E-state index in [1.165, 1.54) is 6.07 Å². The van der Waals surface area contributed by atoms with Crippen LogP contribution in [0.15, 0.2) is 24.3 Å². The molecule has 2 atom stereocenters. The zero-order valence-corrected chi connectivity index (χ0v) is 8.83. The van der Waals surface area contributed by atoms with Gasteiger partial charge in [-0.05, 0) is 19.9 Å². The van der Waals surface area contributed by atoms with Crippen LogP contribution in [0.4, 0.5) is 4.39 Å². The van der Waals surface area contributed by atoms with Crippen molar-refractivity contribution in [1.29, 1.82) is 0 Å². The number of hydrogen-bond donors (Lipinski definition) is 2. The van der Waals surface area contributed by atoms with Crippen molar-refractivity contribution in [3.8, 4) is 0 Å². The molecule has 0 aromatic heterocycles. The molecule has 15 heavy (non-hydrogen) atoms. The lowest BCUT2D eigenvalue weighted by Crippen LogP contribution is -2.39. The molecule has 1 aromatic carbocycles. The standard InChI is InChI=1S/C11H15FN2O/c1-7(13)11(15)14-8(2)9-5-3-4-6-10(9)12/h3-8H,13H2,1-2H3,(H,14,15)/t7-,8+/m0/s1. The molecular weight excluding hydrogens is 195 g/mol. The fourth-order valence-electron chi connectivity index (χ4n) is 1.25. The van der Waals surface area contributed by atoms with E-state index < -0.39 is 6.04 Å². The molecule has 0 aliphatic rings. The molecule has 0 spiro atoms. The number of rotatable bonds is 3. The second-order valence-corrected chi connectivity index (χ2v) is 3.54. The normalized spacial score (nSPS) is 14.4. The highest BCUT2D eigenvalue weighted by Crippen LogP contribution is 2.15. The first-order valence-corrected chi connectivity index (χ1v) is 4.82. The lowest BCUT2D eigenvalue weighted by Gasteiger charge is -2.16. The lowest BCUT2D eigenvalue weighted by molar-refractivity contribution is -0.122. The summed E-state index contributed by atoms with van der Waals surface area (Å²) in [6.07, 6.45) is 0. The highest BCUT2D eigenvalue weighted by molar-refractivity contribution is 5.81. The maximum Gasteiger partial charge on any atom is 0.237 e. The molecule has 0 aliphatic carbocycles. The Morgan fingerprint density at radius 2 is 2.00 bits per heavy atom. The van der Waals surface area contributed by atoms with Gasteiger partial charge in [0.05, 0.1) is 12.1 Å². The van der Waals surface area contributed by atoms with Gasteiger partial charge in [-0.3, -0.25) is 4.79 Å². The molecule has 1 amide bonds. The number of nitrogens with one attached hydrogen (secondary N) is 1. The van der Waals surface area contributed by atoms with E-state index >= 15 is 0 Å². The minimum absolute atomic E-state index is 0.286. The molecule has 0 fully saturated rings. The molecule has 3 N–H and O–H groups in total. The molecule has 1 rings (SSSR count). The molecule has 82 valence electrons. The van der Waals surface area contributed by atoms with Gasteiger partial charge in [0, 0.05) is 5.56 Å². The van der Waals surface area contributed by atoms with Crippen molar-refractivity contribution in [2.45, 2.75) is 25.9 Å². The molecule has 0 radical (unpaired) electrons. The summed E-state index contributed by atoms with van der Waals surface area (Å²) in [4.78, 5) is 11.3. The Hall–Kier alpha value is -1.42. The first kappa shape index (κ1) is 11.7. The first-order valence-electron chi connectivity index (χ1n) is 4.82. The fraction of sp³-hybridized carbons (Fsp3) is 0.364. The van der Waals surface area contributed by atoms with Crippen LogP contribution >= 0.6 is 0 Å². The highest BCUT2D eigenvalue weighted by atomic mass is 19.1. The van der Waals surface area contributed by atoms with E-state index in [2.05, 4.69) is 5.32 Å². The van der Waals surface area contributed by atoms with Crippen molar-refractivity contribution in [2.24, 2.45) is 5.73 Å². The molecule has 0 saturated heterocycles. The second kappa shape index (κ2) is 4.89. The zero-order valence-electron chi connectivity index (χ0n) is 8.83. The minimum atomic E-state index is -0.584. The molecule has 4 heteroatoms. The van der Waals surface area contributed by atoms with Crippen molar-refractivity contribution in [3.05, 3.63) is 35.6 Å². The Kier molecular flexibility index (Phi) is 3.80. The Labute approximate surface area is 88.5 Å². The van der Waals surface area contributed by atoms with Crippen LogP contribution in [0.2, 0.25) is 0 Å². The van der Waals surface area contributed by atoms with Crippen LogP contribution in [0.3, 0.4) is 0 Å². The monoisotopic (exact) mass is 210 g/mol. The summed E-state index contributed by atoms with van der Waals surface area (Å²) >= 11 is 0. The summed E-state index contributed by atoms with van der Waals surface area (Å²) in [6.45, 7) is 3.31. The molecule has 1 aromatic rings. The SMILES string of the molecule is C[C@H](N)C(=O)N[C@H](C)c1ccccc1F. The second-order valence-electron chi connectivity index (χ2n) is 3.54. The van der Waals surface area contributed by atoms with E-state index in [4.69, 9.17) is 5.73 Å².